The van der Waals surface area contributed by atoms with E-state index in [1.807, 2.05) is 19.1 Å². The van der Waals surface area contributed by atoms with Crippen molar-refractivity contribution in [1.29, 1.82) is 0 Å². The number of carbonyl (C=O) groups excluding carboxylic acids is 1. The summed E-state index contributed by atoms with van der Waals surface area (Å²) in [6.07, 6.45) is 0.0585. The van der Waals surface area contributed by atoms with Crippen molar-refractivity contribution in [3.05, 3.63) is 70.5 Å². The first-order chi connectivity index (χ1) is 10.9. The molecular formula is C17H16F3NO2. The van der Waals surface area contributed by atoms with E-state index in [0.29, 0.717) is 0 Å². The van der Waals surface area contributed by atoms with E-state index in [-0.39, 0.29) is 12.0 Å². The maximum Gasteiger partial charge on any atom is 0.224 e. The smallest absolute Gasteiger partial charge is 0.224 e. The third-order valence-corrected chi connectivity index (χ3v) is 3.41. The largest absolute Gasteiger partial charge is 0.394 e. The second kappa shape index (κ2) is 7.28. The fraction of sp³-hybridized carbons (Fsp3) is 0.235. The summed E-state index contributed by atoms with van der Waals surface area (Å²) in [5.41, 5.74) is 1.78. The second-order valence-corrected chi connectivity index (χ2v) is 5.26. The number of halogens is 3. The Hall–Kier alpha value is -2.34. The fourth-order valence-corrected chi connectivity index (χ4v) is 2.15. The molecule has 1 unspecified atom stereocenters. The molecule has 0 aliphatic rings. The average Bonchev–Trinajstić information content (AvgIpc) is 2.52. The van der Waals surface area contributed by atoms with Gasteiger partial charge in [-0.15, -0.1) is 0 Å². The number of hydrogen-bond donors (Lipinski definition) is 2. The molecule has 2 aromatic carbocycles. The van der Waals surface area contributed by atoms with E-state index in [9.17, 15) is 23.1 Å². The van der Waals surface area contributed by atoms with Crippen molar-refractivity contribution in [3.63, 3.8) is 0 Å². The molecule has 0 radical (unpaired) electrons. The zero-order valence-corrected chi connectivity index (χ0v) is 12.4. The van der Waals surface area contributed by atoms with Crippen LogP contribution in [0.2, 0.25) is 0 Å². The second-order valence-electron chi connectivity index (χ2n) is 5.26. The maximum absolute atomic E-state index is 13.2. The number of aliphatic hydroxyl groups excluding tert-OH is 1. The Morgan fingerprint density at radius 1 is 1.13 bits per heavy atom. The average molecular weight is 323 g/mol. The summed E-state index contributed by atoms with van der Waals surface area (Å²) in [5.74, 6) is -4.74. The molecule has 0 spiro atoms. The van der Waals surface area contributed by atoms with Crippen LogP contribution < -0.4 is 5.32 Å². The Kier molecular flexibility index (Phi) is 5.39. The van der Waals surface area contributed by atoms with Crippen LogP contribution in [0, 0.1) is 24.4 Å². The molecule has 2 rings (SSSR count). The minimum atomic E-state index is -1.59. The third-order valence-electron chi connectivity index (χ3n) is 3.41. The lowest BCUT2D eigenvalue weighted by Crippen LogP contribution is -2.32. The molecule has 0 bridgehead atoms. The Bertz CT molecular complexity index is 678. The van der Waals surface area contributed by atoms with E-state index in [4.69, 9.17) is 0 Å². The number of carbonyl (C=O) groups is 1. The van der Waals surface area contributed by atoms with Crippen LogP contribution in [0.25, 0.3) is 0 Å². The van der Waals surface area contributed by atoms with Crippen molar-refractivity contribution < 1.29 is 23.1 Å². The highest BCUT2D eigenvalue weighted by Gasteiger charge is 2.18. The van der Waals surface area contributed by atoms with Crippen LogP contribution in [0.3, 0.4) is 0 Å². The van der Waals surface area contributed by atoms with E-state index in [2.05, 4.69) is 5.32 Å². The first kappa shape index (κ1) is 17.0. The number of aryl methyl sites for hydroxylation is 1. The number of rotatable bonds is 5. The van der Waals surface area contributed by atoms with Crippen LogP contribution in [0.15, 0.2) is 36.4 Å². The summed E-state index contributed by atoms with van der Waals surface area (Å²) >= 11 is 0. The van der Waals surface area contributed by atoms with Crippen LogP contribution in [0.1, 0.15) is 22.7 Å². The van der Waals surface area contributed by atoms with Crippen molar-refractivity contribution in [2.45, 2.75) is 19.4 Å². The molecule has 0 fully saturated rings. The van der Waals surface area contributed by atoms with E-state index in [1.165, 1.54) is 0 Å². The van der Waals surface area contributed by atoms with Gasteiger partial charge < -0.3 is 10.4 Å². The predicted octanol–water partition coefficient (Wildman–Crippen LogP) is 2.80. The summed E-state index contributed by atoms with van der Waals surface area (Å²) in [7, 11) is 0. The van der Waals surface area contributed by atoms with Gasteiger partial charge in [-0.1, -0.05) is 29.8 Å². The maximum atomic E-state index is 13.2. The Morgan fingerprint density at radius 2 is 1.70 bits per heavy atom. The Balaban J connectivity index is 2.09. The standard InChI is InChI=1S/C17H16F3NO2/c1-10-2-4-11(5-3-10)6-16(23)21-15(9-22)12-7-13(18)17(20)14(19)8-12/h2-5,7-8,15,22H,6,9H2,1H3,(H,21,23). The van der Waals surface area contributed by atoms with Gasteiger partial charge in [0.05, 0.1) is 19.1 Å². The first-order valence-corrected chi connectivity index (χ1v) is 7.01. The topological polar surface area (TPSA) is 49.3 Å². The molecule has 3 nitrogen and oxygen atoms in total. The minimum absolute atomic E-state index is 0.0406. The summed E-state index contributed by atoms with van der Waals surface area (Å²) in [5, 5.41) is 11.8. The van der Waals surface area contributed by atoms with Crippen molar-refractivity contribution in [2.75, 3.05) is 6.61 Å². The van der Waals surface area contributed by atoms with E-state index in [1.54, 1.807) is 12.1 Å². The highest BCUT2D eigenvalue weighted by molar-refractivity contribution is 5.79. The summed E-state index contributed by atoms with van der Waals surface area (Å²) in [4.78, 5) is 12.0. The highest BCUT2D eigenvalue weighted by Crippen LogP contribution is 2.19. The van der Waals surface area contributed by atoms with Gasteiger partial charge in [0, 0.05) is 0 Å². The van der Waals surface area contributed by atoms with Gasteiger partial charge in [0.1, 0.15) is 0 Å². The van der Waals surface area contributed by atoms with Crippen molar-refractivity contribution >= 4 is 5.91 Å². The van der Waals surface area contributed by atoms with Gasteiger partial charge in [-0.3, -0.25) is 4.79 Å². The number of benzene rings is 2. The lowest BCUT2D eigenvalue weighted by Gasteiger charge is -2.17. The summed E-state index contributed by atoms with van der Waals surface area (Å²) in [6, 6.07) is 7.79. The normalized spacial score (nSPS) is 12.0. The number of hydrogen-bond acceptors (Lipinski definition) is 2. The number of nitrogens with one attached hydrogen (secondary N) is 1. The SMILES string of the molecule is Cc1ccc(CC(=O)NC(CO)c2cc(F)c(F)c(F)c2)cc1. The van der Waals surface area contributed by atoms with Gasteiger partial charge in [0.15, 0.2) is 17.5 Å². The molecule has 122 valence electrons. The number of aliphatic hydroxyl groups is 1. The van der Waals surface area contributed by atoms with Gasteiger partial charge in [-0.05, 0) is 30.2 Å². The molecule has 0 heterocycles. The predicted molar refractivity (Wildman–Crippen MR) is 79.2 cm³/mol. The monoisotopic (exact) mass is 323 g/mol. The molecule has 0 aromatic heterocycles. The van der Waals surface area contributed by atoms with E-state index < -0.39 is 36.0 Å². The van der Waals surface area contributed by atoms with Crippen molar-refractivity contribution in [1.82, 2.24) is 5.32 Å². The van der Waals surface area contributed by atoms with Crippen LogP contribution in [-0.4, -0.2) is 17.6 Å². The molecule has 6 heteroatoms. The first-order valence-electron chi connectivity index (χ1n) is 7.01. The minimum Gasteiger partial charge on any atom is -0.394 e. The molecule has 0 aliphatic carbocycles. The van der Waals surface area contributed by atoms with E-state index in [0.717, 1.165) is 23.3 Å². The lowest BCUT2D eigenvalue weighted by atomic mass is 10.1. The van der Waals surface area contributed by atoms with Gasteiger partial charge in [0.2, 0.25) is 5.91 Å². The molecule has 1 atom stereocenters. The van der Waals surface area contributed by atoms with Crippen LogP contribution in [-0.2, 0) is 11.2 Å². The van der Waals surface area contributed by atoms with Crippen LogP contribution in [0.5, 0.6) is 0 Å². The fourth-order valence-electron chi connectivity index (χ4n) is 2.15. The lowest BCUT2D eigenvalue weighted by molar-refractivity contribution is -0.121. The van der Waals surface area contributed by atoms with E-state index >= 15 is 0 Å². The molecule has 23 heavy (non-hydrogen) atoms. The molecule has 0 aliphatic heterocycles. The van der Waals surface area contributed by atoms with Crippen LogP contribution in [0.4, 0.5) is 13.2 Å². The van der Waals surface area contributed by atoms with Crippen molar-refractivity contribution in [2.24, 2.45) is 0 Å². The van der Waals surface area contributed by atoms with Crippen molar-refractivity contribution in [3.8, 4) is 0 Å². The van der Waals surface area contributed by atoms with Gasteiger partial charge in [-0.2, -0.15) is 0 Å². The van der Waals surface area contributed by atoms with Gasteiger partial charge in [-0.25, -0.2) is 13.2 Å². The highest BCUT2D eigenvalue weighted by atomic mass is 19.2. The Morgan fingerprint density at radius 3 is 2.22 bits per heavy atom. The molecule has 2 N–H and O–H groups in total. The zero-order chi connectivity index (χ0) is 17.0. The van der Waals surface area contributed by atoms with Gasteiger partial charge in [0.25, 0.3) is 0 Å². The van der Waals surface area contributed by atoms with Crippen LogP contribution >= 0.6 is 0 Å². The molecule has 1 amide bonds. The third kappa shape index (κ3) is 4.32. The summed E-state index contributed by atoms with van der Waals surface area (Å²) in [6.45, 7) is 1.35. The molecule has 0 saturated carbocycles. The Labute approximate surface area is 131 Å². The van der Waals surface area contributed by atoms with Gasteiger partial charge >= 0.3 is 0 Å². The molecular weight excluding hydrogens is 307 g/mol. The number of amides is 1. The zero-order valence-electron chi connectivity index (χ0n) is 12.4. The molecule has 2 aromatic rings. The quantitative estimate of drug-likeness (QED) is 0.831. The molecule has 0 saturated heterocycles. The summed E-state index contributed by atoms with van der Waals surface area (Å²) < 4.78 is 39.5.